The molecule has 120 valence electrons. The molecule has 1 atom stereocenters. The van der Waals surface area contributed by atoms with E-state index in [2.05, 4.69) is 9.80 Å². The molecule has 3 fully saturated rings. The van der Waals surface area contributed by atoms with Crippen LogP contribution in [0.1, 0.15) is 32.1 Å². The van der Waals surface area contributed by atoms with Gasteiger partial charge in [-0.25, -0.2) is 0 Å². The van der Waals surface area contributed by atoms with Crippen LogP contribution in [-0.2, 0) is 14.3 Å². The molecule has 0 aromatic heterocycles. The largest absolute Gasteiger partial charge is 0.384 e. The van der Waals surface area contributed by atoms with Crippen molar-refractivity contribution in [1.29, 1.82) is 0 Å². The molecule has 5 heteroatoms. The molecule has 3 aliphatic rings. The van der Waals surface area contributed by atoms with E-state index in [-0.39, 0.29) is 5.41 Å². The Kier molecular flexibility index (Phi) is 4.82. The summed E-state index contributed by atoms with van der Waals surface area (Å²) in [6.07, 6.45) is 5.96. The van der Waals surface area contributed by atoms with E-state index < -0.39 is 0 Å². The standard InChI is InChI=1S/C16H28N2O3/c1-20-13-16(5-3-6-16)15(19)18-9-7-17(8-10-18)12-14-4-2-11-21-14/h14H,2-13H2,1H3. The predicted octanol–water partition coefficient (Wildman–Crippen LogP) is 1.13. The SMILES string of the molecule is COCC1(C(=O)N2CCN(CC3CCCO3)CC2)CCC1. The summed E-state index contributed by atoms with van der Waals surface area (Å²) < 4.78 is 11.0. The Morgan fingerprint density at radius 3 is 2.52 bits per heavy atom. The summed E-state index contributed by atoms with van der Waals surface area (Å²) in [5, 5.41) is 0. The second kappa shape index (κ2) is 6.63. The third kappa shape index (κ3) is 3.25. The number of nitrogens with zero attached hydrogens (tertiary/aromatic N) is 2. The Morgan fingerprint density at radius 2 is 2.00 bits per heavy atom. The number of carbonyl (C=O) groups is 1. The first-order valence-corrected chi connectivity index (χ1v) is 8.36. The molecule has 0 aromatic carbocycles. The third-order valence-electron chi connectivity index (χ3n) is 5.33. The fraction of sp³-hybridized carbons (Fsp3) is 0.938. The first kappa shape index (κ1) is 15.3. The minimum Gasteiger partial charge on any atom is -0.384 e. The first-order valence-electron chi connectivity index (χ1n) is 8.36. The average molecular weight is 296 g/mol. The van der Waals surface area contributed by atoms with Crippen molar-refractivity contribution in [1.82, 2.24) is 9.80 Å². The summed E-state index contributed by atoms with van der Waals surface area (Å²) in [5.74, 6) is 0.326. The minimum absolute atomic E-state index is 0.203. The topological polar surface area (TPSA) is 42.0 Å². The van der Waals surface area contributed by atoms with Crippen LogP contribution in [0.15, 0.2) is 0 Å². The van der Waals surface area contributed by atoms with Crippen LogP contribution in [0.4, 0.5) is 0 Å². The Balaban J connectivity index is 1.47. The third-order valence-corrected chi connectivity index (χ3v) is 5.33. The Bertz CT molecular complexity index is 357. The van der Waals surface area contributed by atoms with Crippen LogP contribution < -0.4 is 0 Å². The van der Waals surface area contributed by atoms with Crippen LogP contribution in [0.5, 0.6) is 0 Å². The van der Waals surface area contributed by atoms with Crippen molar-refractivity contribution in [3.05, 3.63) is 0 Å². The zero-order chi connectivity index (χ0) is 14.7. The highest BCUT2D eigenvalue weighted by Gasteiger charge is 2.46. The summed E-state index contributed by atoms with van der Waals surface area (Å²) in [6, 6.07) is 0. The van der Waals surface area contributed by atoms with Gasteiger partial charge in [-0.1, -0.05) is 6.42 Å². The Morgan fingerprint density at radius 1 is 1.24 bits per heavy atom. The fourth-order valence-corrected chi connectivity index (χ4v) is 3.85. The quantitative estimate of drug-likeness (QED) is 0.762. The van der Waals surface area contributed by atoms with Gasteiger partial charge in [0.15, 0.2) is 0 Å². The molecule has 0 aromatic rings. The maximum Gasteiger partial charge on any atom is 0.231 e. The van der Waals surface area contributed by atoms with E-state index in [1.54, 1.807) is 7.11 Å². The molecule has 1 amide bonds. The van der Waals surface area contributed by atoms with Gasteiger partial charge in [-0.05, 0) is 25.7 Å². The number of piperazine rings is 1. The molecule has 2 heterocycles. The number of hydrogen-bond donors (Lipinski definition) is 0. The molecule has 1 saturated carbocycles. The van der Waals surface area contributed by atoms with E-state index in [4.69, 9.17) is 9.47 Å². The van der Waals surface area contributed by atoms with E-state index in [0.29, 0.717) is 18.6 Å². The lowest BCUT2D eigenvalue weighted by atomic mass is 9.68. The highest BCUT2D eigenvalue weighted by atomic mass is 16.5. The van der Waals surface area contributed by atoms with E-state index in [0.717, 1.165) is 58.6 Å². The number of methoxy groups -OCH3 is 1. The van der Waals surface area contributed by atoms with Crippen molar-refractivity contribution in [3.63, 3.8) is 0 Å². The summed E-state index contributed by atoms with van der Waals surface area (Å²) in [7, 11) is 1.70. The van der Waals surface area contributed by atoms with Gasteiger partial charge in [0, 0.05) is 46.4 Å². The lowest BCUT2D eigenvalue weighted by molar-refractivity contribution is -0.154. The van der Waals surface area contributed by atoms with Crippen molar-refractivity contribution in [2.45, 2.75) is 38.2 Å². The molecule has 1 aliphatic carbocycles. The van der Waals surface area contributed by atoms with Gasteiger partial charge in [0.05, 0.1) is 18.1 Å². The molecule has 21 heavy (non-hydrogen) atoms. The summed E-state index contributed by atoms with van der Waals surface area (Å²) >= 11 is 0. The maximum absolute atomic E-state index is 12.7. The smallest absolute Gasteiger partial charge is 0.231 e. The van der Waals surface area contributed by atoms with Gasteiger partial charge in [0.25, 0.3) is 0 Å². The number of hydrogen-bond acceptors (Lipinski definition) is 4. The van der Waals surface area contributed by atoms with E-state index in [1.165, 1.54) is 12.8 Å². The van der Waals surface area contributed by atoms with Gasteiger partial charge in [-0.3, -0.25) is 9.69 Å². The van der Waals surface area contributed by atoms with Gasteiger partial charge in [-0.15, -0.1) is 0 Å². The van der Waals surface area contributed by atoms with Gasteiger partial charge >= 0.3 is 0 Å². The molecular weight excluding hydrogens is 268 g/mol. The zero-order valence-electron chi connectivity index (χ0n) is 13.2. The van der Waals surface area contributed by atoms with E-state index in [9.17, 15) is 4.79 Å². The van der Waals surface area contributed by atoms with Crippen molar-refractivity contribution >= 4 is 5.91 Å². The average Bonchev–Trinajstić information content (AvgIpc) is 2.96. The van der Waals surface area contributed by atoms with Crippen molar-refractivity contribution < 1.29 is 14.3 Å². The molecule has 3 rings (SSSR count). The normalized spacial score (nSPS) is 29.4. The molecule has 0 radical (unpaired) electrons. The predicted molar refractivity (Wildman–Crippen MR) is 80.2 cm³/mol. The molecule has 2 aliphatic heterocycles. The number of rotatable bonds is 5. The van der Waals surface area contributed by atoms with Gasteiger partial charge in [-0.2, -0.15) is 0 Å². The fourth-order valence-electron chi connectivity index (χ4n) is 3.85. The van der Waals surface area contributed by atoms with Crippen molar-refractivity contribution in [3.8, 4) is 0 Å². The van der Waals surface area contributed by atoms with Crippen LogP contribution in [0, 0.1) is 5.41 Å². The van der Waals surface area contributed by atoms with Crippen LogP contribution >= 0.6 is 0 Å². The van der Waals surface area contributed by atoms with Crippen molar-refractivity contribution in [2.24, 2.45) is 5.41 Å². The summed E-state index contributed by atoms with van der Waals surface area (Å²) in [5.41, 5.74) is -0.203. The highest BCUT2D eigenvalue weighted by molar-refractivity contribution is 5.84. The number of amides is 1. The molecule has 2 saturated heterocycles. The molecular formula is C16H28N2O3. The Hall–Kier alpha value is -0.650. The first-order chi connectivity index (χ1) is 10.2. The van der Waals surface area contributed by atoms with Crippen LogP contribution in [0.25, 0.3) is 0 Å². The summed E-state index contributed by atoms with van der Waals surface area (Å²) in [6.45, 7) is 6.22. The molecule has 1 unspecified atom stereocenters. The van der Waals surface area contributed by atoms with Crippen molar-refractivity contribution in [2.75, 3.05) is 53.0 Å². The lowest BCUT2D eigenvalue weighted by Gasteiger charge is -2.45. The molecule has 0 bridgehead atoms. The van der Waals surface area contributed by atoms with Crippen LogP contribution in [0.3, 0.4) is 0 Å². The molecule has 5 nitrogen and oxygen atoms in total. The lowest BCUT2D eigenvalue weighted by Crippen LogP contribution is -2.56. The van der Waals surface area contributed by atoms with E-state index in [1.807, 2.05) is 0 Å². The van der Waals surface area contributed by atoms with Crippen LogP contribution in [0.2, 0.25) is 0 Å². The zero-order valence-corrected chi connectivity index (χ0v) is 13.2. The second-order valence-corrected chi connectivity index (χ2v) is 6.79. The van der Waals surface area contributed by atoms with E-state index >= 15 is 0 Å². The number of ether oxygens (including phenoxy) is 2. The molecule has 0 spiro atoms. The monoisotopic (exact) mass is 296 g/mol. The Labute approximate surface area is 127 Å². The maximum atomic E-state index is 12.7. The summed E-state index contributed by atoms with van der Waals surface area (Å²) in [4.78, 5) is 17.3. The highest BCUT2D eigenvalue weighted by Crippen LogP contribution is 2.42. The van der Waals surface area contributed by atoms with Gasteiger partial charge in [0.2, 0.25) is 5.91 Å². The van der Waals surface area contributed by atoms with Gasteiger partial charge < -0.3 is 14.4 Å². The number of carbonyl (C=O) groups excluding carboxylic acids is 1. The second-order valence-electron chi connectivity index (χ2n) is 6.79. The molecule has 0 N–H and O–H groups in total. The van der Waals surface area contributed by atoms with Crippen LogP contribution in [-0.4, -0.2) is 74.9 Å². The van der Waals surface area contributed by atoms with Gasteiger partial charge in [0.1, 0.15) is 0 Å². The minimum atomic E-state index is -0.203.